The summed E-state index contributed by atoms with van der Waals surface area (Å²) < 4.78 is 11.9. The number of hydrogen-bond donors (Lipinski definition) is 1. The summed E-state index contributed by atoms with van der Waals surface area (Å²) in [5, 5.41) is 13.8. The van der Waals surface area contributed by atoms with Gasteiger partial charge in [-0.25, -0.2) is 14.3 Å². The number of aromatic nitrogens is 2. The third-order valence-corrected chi connectivity index (χ3v) is 3.80. The minimum atomic E-state index is -1.27. The van der Waals surface area contributed by atoms with Crippen LogP contribution in [-0.4, -0.2) is 46.0 Å². The van der Waals surface area contributed by atoms with Gasteiger partial charge in [-0.05, 0) is 12.5 Å². The maximum Gasteiger partial charge on any atom is 0.410 e. The average Bonchev–Trinajstić information content (AvgIpc) is 2.86. The maximum absolute atomic E-state index is 12.3. The van der Waals surface area contributed by atoms with E-state index in [1.807, 2.05) is 30.3 Å². The predicted molar refractivity (Wildman–Crippen MR) is 89.3 cm³/mol. The van der Waals surface area contributed by atoms with Crippen molar-refractivity contribution in [3.05, 3.63) is 47.2 Å². The standard InChI is InChI=1S/C17H21N3O5/c1-11-13(15(24-4)20(3)18-11)14(16(21)22)19(2)17(23)25-10-12-8-6-5-7-9-12/h5-9,14H,10H2,1-4H3,(H,21,22). The first kappa shape index (κ1) is 18.3. The van der Waals surface area contributed by atoms with Crippen LogP contribution in [0.1, 0.15) is 22.9 Å². The first-order valence-electron chi connectivity index (χ1n) is 7.60. The second-order valence-corrected chi connectivity index (χ2v) is 5.52. The number of carboxylic acid groups (broad SMARTS) is 1. The van der Waals surface area contributed by atoms with Gasteiger partial charge in [0, 0.05) is 14.1 Å². The molecule has 0 bridgehead atoms. The Kier molecular flexibility index (Phi) is 5.63. The van der Waals surface area contributed by atoms with Gasteiger partial charge in [0.25, 0.3) is 0 Å². The van der Waals surface area contributed by atoms with Gasteiger partial charge in [0.2, 0.25) is 5.88 Å². The Hall–Kier alpha value is -3.03. The van der Waals surface area contributed by atoms with Crippen LogP contribution < -0.4 is 4.74 Å². The van der Waals surface area contributed by atoms with Crippen molar-refractivity contribution in [1.82, 2.24) is 14.7 Å². The number of methoxy groups -OCH3 is 1. The van der Waals surface area contributed by atoms with E-state index in [9.17, 15) is 14.7 Å². The number of likely N-dealkylation sites (N-methyl/N-ethyl adjacent to an activating group) is 1. The first-order chi connectivity index (χ1) is 11.9. The molecule has 1 N–H and O–H groups in total. The number of benzene rings is 1. The number of hydrogen-bond acceptors (Lipinski definition) is 5. The molecule has 0 spiro atoms. The molecule has 1 unspecified atom stereocenters. The summed E-state index contributed by atoms with van der Waals surface area (Å²) in [6.07, 6.45) is -0.749. The van der Waals surface area contributed by atoms with Crippen molar-refractivity contribution < 1.29 is 24.2 Å². The van der Waals surface area contributed by atoms with Crippen molar-refractivity contribution in [3.8, 4) is 5.88 Å². The molecule has 1 heterocycles. The topological polar surface area (TPSA) is 93.9 Å². The molecule has 1 aromatic carbocycles. The zero-order valence-electron chi connectivity index (χ0n) is 14.6. The number of rotatable bonds is 6. The van der Waals surface area contributed by atoms with Crippen molar-refractivity contribution in [2.75, 3.05) is 14.2 Å². The second-order valence-electron chi connectivity index (χ2n) is 5.52. The Morgan fingerprint density at radius 1 is 1.32 bits per heavy atom. The number of amides is 1. The molecule has 2 rings (SSSR count). The molecule has 25 heavy (non-hydrogen) atoms. The maximum atomic E-state index is 12.3. The van der Waals surface area contributed by atoms with Gasteiger partial charge in [0.05, 0.1) is 18.4 Å². The molecule has 1 amide bonds. The van der Waals surface area contributed by atoms with Crippen LogP contribution >= 0.6 is 0 Å². The van der Waals surface area contributed by atoms with Crippen LogP contribution in [0.25, 0.3) is 0 Å². The normalized spacial score (nSPS) is 11.7. The molecule has 8 heteroatoms. The first-order valence-corrected chi connectivity index (χ1v) is 7.60. The molecular weight excluding hydrogens is 326 g/mol. The number of aliphatic carboxylic acids is 1. The van der Waals surface area contributed by atoms with Gasteiger partial charge in [0.1, 0.15) is 6.61 Å². The van der Waals surface area contributed by atoms with E-state index < -0.39 is 18.1 Å². The predicted octanol–water partition coefficient (Wildman–Crippen LogP) is 2.13. The van der Waals surface area contributed by atoms with Crippen LogP contribution in [0.15, 0.2) is 30.3 Å². The van der Waals surface area contributed by atoms with Gasteiger partial charge in [-0.2, -0.15) is 5.10 Å². The quantitative estimate of drug-likeness (QED) is 0.860. The summed E-state index contributed by atoms with van der Waals surface area (Å²) in [4.78, 5) is 25.2. The summed E-state index contributed by atoms with van der Waals surface area (Å²) in [5.74, 6) is -0.916. The lowest BCUT2D eigenvalue weighted by Gasteiger charge is -2.24. The highest BCUT2D eigenvalue weighted by molar-refractivity contribution is 5.82. The largest absolute Gasteiger partial charge is 0.481 e. The molecule has 134 valence electrons. The molecular formula is C17H21N3O5. The van der Waals surface area contributed by atoms with E-state index in [0.717, 1.165) is 10.5 Å². The van der Waals surface area contributed by atoms with Crippen LogP contribution in [0, 0.1) is 6.92 Å². The number of carbonyl (C=O) groups is 2. The fraction of sp³-hybridized carbons (Fsp3) is 0.353. The average molecular weight is 347 g/mol. The molecule has 0 fully saturated rings. The Labute approximate surface area is 145 Å². The van der Waals surface area contributed by atoms with Gasteiger partial charge < -0.3 is 14.6 Å². The smallest absolute Gasteiger partial charge is 0.410 e. The Bertz CT molecular complexity index is 757. The highest BCUT2D eigenvalue weighted by Gasteiger charge is 2.35. The van der Waals surface area contributed by atoms with Crippen LogP contribution in [0.3, 0.4) is 0 Å². The van der Waals surface area contributed by atoms with Crippen LogP contribution in [0.5, 0.6) is 5.88 Å². The third-order valence-electron chi connectivity index (χ3n) is 3.80. The van der Waals surface area contributed by atoms with Gasteiger partial charge in [-0.1, -0.05) is 30.3 Å². The highest BCUT2D eigenvalue weighted by atomic mass is 16.6. The summed E-state index contributed by atoms with van der Waals surface area (Å²) in [5.41, 5.74) is 1.59. The van der Waals surface area contributed by atoms with Gasteiger partial charge in [0.15, 0.2) is 6.04 Å². The number of aryl methyl sites for hydroxylation is 2. The molecule has 0 aliphatic heterocycles. The van der Waals surface area contributed by atoms with Crippen LogP contribution in [-0.2, 0) is 23.2 Å². The molecule has 1 aromatic heterocycles. The summed E-state index contributed by atoms with van der Waals surface area (Å²) in [7, 11) is 4.44. The Balaban J connectivity index is 2.22. The molecule has 0 aliphatic rings. The molecule has 0 radical (unpaired) electrons. The molecule has 1 atom stereocenters. The lowest BCUT2D eigenvalue weighted by molar-refractivity contribution is -0.142. The molecule has 0 saturated carbocycles. The van der Waals surface area contributed by atoms with E-state index in [2.05, 4.69) is 5.10 Å². The van der Waals surface area contributed by atoms with E-state index in [1.54, 1.807) is 14.0 Å². The highest BCUT2D eigenvalue weighted by Crippen LogP contribution is 2.32. The van der Waals surface area contributed by atoms with Gasteiger partial charge in [-0.3, -0.25) is 4.90 Å². The number of nitrogens with zero attached hydrogens (tertiary/aromatic N) is 3. The lowest BCUT2D eigenvalue weighted by Crippen LogP contribution is -2.36. The fourth-order valence-corrected chi connectivity index (χ4v) is 2.62. The molecule has 0 saturated heterocycles. The summed E-state index contributed by atoms with van der Waals surface area (Å²) in [6.45, 7) is 1.72. The minimum absolute atomic E-state index is 0.0551. The fourth-order valence-electron chi connectivity index (χ4n) is 2.62. The zero-order chi connectivity index (χ0) is 18.6. The van der Waals surface area contributed by atoms with E-state index in [-0.39, 0.29) is 12.5 Å². The van der Waals surface area contributed by atoms with Crippen molar-refractivity contribution in [3.63, 3.8) is 0 Å². The molecule has 2 aromatic rings. The second kappa shape index (κ2) is 7.69. The number of carboxylic acids is 1. The van der Waals surface area contributed by atoms with Crippen LogP contribution in [0.2, 0.25) is 0 Å². The minimum Gasteiger partial charge on any atom is -0.481 e. The SMILES string of the molecule is COc1c(C(C(=O)O)N(C)C(=O)OCc2ccccc2)c(C)nn1C. The Morgan fingerprint density at radius 2 is 1.96 bits per heavy atom. The monoisotopic (exact) mass is 347 g/mol. The van der Waals surface area contributed by atoms with Crippen molar-refractivity contribution in [1.29, 1.82) is 0 Å². The van der Waals surface area contributed by atoms with Gasteiger partial charge >= 0.3 is 12.1 Å². The third kappa shape index (κ3) is 3.90. The molecule has 0 aliphatic carbocycles. The van der Waals surface area contributed by atoms with E-state index in [1.165, 1.54) is 18.8 Å². The van der Waals surface area contributed by atoms with Crippen molar-refractivity contribution >= 4 is 12.1 Å². The zero-order valence-corrected chi connectivity index (χ0v) is 14.6. The van der Waals surface area contributed by atoms with Crippen molar-refractivity contribution in [2.24, 2.45) is 7.05 Å². The van der Waals surface area contributed by atoms with Crippen molar-refractivity contribution in [2.45, 2.75) is 19.6 Å². The van der Waals surface area contributed by atoms with E-state index in [4.69, 9.17) is 9.47 Å². The number of ether oxygens (including phenoxy) is 2. The molecule has 8 nitrogen and oxygen atoms in total. The van der Waals surface area contributed by atoms with E-state index >= 15 is 0 Å². The van der Waals surface area contributed by atoms with Crippen LogP contribution in [0.4, 0.5) is 4.79 Å². The van der Waals surface area contributed by atoms with E-state index in [0.29, 0.717) is 11.3 Å². The van der Waals surface area contributed by atoms with Gasteiger partial charge in [-0.15, -0.1) is 0 Å². The lowest BCUT2D eigenvalue weighted by atomic mass is 10.1. The Morgan fingerprint density at radius 3 is 2.52 bits per heavy atom. The summed E-state index contributed by atoms with van der Waals surface area (Å²) in [6, 6.07) is 7.88. The summed E-state index contributed by atoms with van der Waals surface area (Å²) >= 11 is 0. The number of carbonyl (C=O) groups excluding carboxylic acids is 1.